The Kier molecular flexibility index (Phi) is 5.47. The van der Waals surface area contributed by atoms with Crippen molar-refractivity contribution in [2.75, 3.05) is 31.5 Å². The highest BCUT2D eigenvalue weighted by Gasteiger charge is 2.32. The molecule has 148 valence electrons. The predicted octanol–water partition coefficient (Wildman–Crippen LogP) is 2.07. The van der Waals surface area contributed by atoms with Gasteiger partial charge in [0.15, 0.2) is 0 Å². The topological polar surface area (TPSA) is 72.5 Å². The molecule has 3 heterocycles. The third kappa shape index (κ3) is 4.11. The van der Waals surface area contributed by atoms with Crippen LogP contribution >= 0.6 is 0 Å². The highest BCUT2D eigenvalue weighted by molar-refractivity contribution is 5.89. The van der Waals surface area contributed by atoms with Crippen LogP contribution in [-0.4, -0.2) is 53.2 Å². The molecule has 2 aliphatic rings. The lowest BCUT2D eigenvalue weighted by atomic mass is 10.1. The van der Waals surface area contributed by atoms with Gasteiger partial charge in [-0.2, -0.15) is 0 Å². The van der Waals surface area contributed by atoms with E-state index in [-0.39, 0.29) is 23.9 Å². The maximum absolute atomic E-state index is 13.7. The van der Waals surface area contributed by atoms with Crippen molar-refractivity contribution in [1.29, 1.82) is 0 Å². The first kappa shape index (κ1) is 18.7. The fraction of sp³-hybridized carbons (Fsp3) is 0.368. The molecule has 0 saturated carbocycles. The summed E-state index contributed by atoms with van der Waals surface area (Å²) in [5, 5.41) is 2.51. The van der Waals surface area contributed by atoms with Crippen LogP contribution < -0.4 is 16.2 Å². The first-order chi connectivity index (χ1) is 13.6. The Morgan fingerprint density at radius 1 is 1.07 bits per heavy atom. The summed E-state index contributed by atoms with van der Waals surface area (Å²) >= 11 is 0. The Balaban J connectivity index is 1.28. The lowest BCUT2D eigenvalue weighted by Gasteiger charge is -2.37. The van der Waals surface area contributed by atoms with Gasteiger partial charge >= 0.3 is 6.03 Å². The molecule has 0 bridgehead atoms. The molecular weight excluding hydrogens is 366 g/mol. The number of benzene rings is 1. The maximum Gasteiger partial charge on any atom is 0.322 e. The number of carbonyl (C=O) groups is 1. The summed E-state index contributed by atoms with van der Waals surface area (Å²) in [4.78, 5) is 20.3. The molecule has 2 aromatic rings. The van der Waals surface area contributed by atoms with Gasteiger partial charge in [0.25, 0.3) is 0 Å². The van der Waals surface area contributed by atoms with Crippen LogP contribution in [0.15, 0.2) is 42.7 Å². The predicted molar refractivity (Wildman–Crippen MR) is 100 cm³/mol. The number of nitrogens with zero attached hydrogens (tertiary/aromatic N) is 3. The Bertz CT molecular complexity index is 828. The molecule has 2 unspecified atom stereocenters. The van der Waals surface area contributed by atoms with E-state index in [1.54, 1.807) is 17.3 Å². The molecule has 2 saturated heterocycles. The van der Waals surface area contributed by atoms with Crippen LogP contribution in [0.25, 0.3) is 0 Å². The zero-order chi connectivity index (χ0) is 19.5. The number of halogens is 2. The number of carbonyl (C=O) groups excluding carboxylic acids is 1. The summed E-state index contributed by atoms with van der Waals surface area (Å²) in [5.41, 5.74) is 7.80. The van der Waals surface area contributed by atoms with Crippen LogP contribution in [0.5, 0.6) is 0 Å². The van der Waals surface area contributed by atoms with Crippen LogP contribution in [-0.2, 0) is 0 Å². The molecule has 9 heteroatoms. The van der Waals surface area contributed by atoms with Gasteiger partial charge in [-0.05, 0) is 36.2 Å². The molecule has 2 amide bonds. The summed E-state index contributed by atoms with van der Waals surface area (Å²) in [7, 11) is 0. The van der Waals surface area contributed by atoms with Crippen LogP contribution in [0.2, 0.25) is 0 Å². The fourth-order valence-corrected chi connectivity index (χ4v) is 3.62. The highest BCUT2D eigenvalue weighted by Crippen LogP contribution is 2.24. The second kappa shape index (κ2) is 8.17. The number of amides is 2. The van der Waals surface area contributed by atoms with Crippen molar-refractivity contribution in [3.05, 3.63) is 59.9 Å². The van der Waals surface area contributed by atoms with Gasteiger partial charge in [0.1, 0.15) is 11.6 Å². The smallest absolute Gasteiger partial charge is 0.322 e. The van der Waals surface area contributed by atoms with E-state index in [2.05, 4.69) is 26.1 Å². The van der Waals surface area contributed by atoms with Gasteiger partial charge in [0.05, 0.1) is 11.9 Å². The van der Waals surface area contributed by atoms with Crippen LogP contribution in [0, 0.1) is 11.6 Å². The molecule has 0 spiro atoms. The minimum absolute atomic E-state index is 0.0179. The fourth-order valence-electron chi connectivity index (χ4n) is 3.62. The zero-order valence-corrected chi connectivity index (χ0v) is 15.2. The average molecular weight is 388 g/mol. The summed E-state index contributed by atoms with van der Waals surface area (Å²) in [5.74, 6) is -1.46. The lowest BCUT2D eigenvalue weighted by molar-refractivity contribution is 0.103. The number of anilines is 1. The molecular formula is C19H22F2N6O. The highest BCUT2D eigenvalue weighted by atomic mass is 19.1. The summed E-state index contributed by atoms with van der Waals surface area (Å²) < 4.78 is 26.7. The molecule has 1 aromatic heterocycles. The van der Waals surface area contributed by atoms with E-state index >= 15 is 0 Å². The van der Waals surface area contributed by atoms with Crippen LogP contribution in [0.3, 0.4) is 0 Å². The summed E-state index contributed by atoms with van der Waals surface area (Å²) in [6, 6.07) is 6.94. The van der Waals surface area contributed by atoms with Gasteiger partial charge in [-0.1, -0.05) is 0 Å². The largest absolute Gasteiger partial charge is 0.322 e. The Hall–Kier alpha value is -2.62. The Morgan fingerprint density at radius 3 is 2.54 bits per heavy atom. The second-order valence-corrected chi connectivity index (χ2v) is 6.95. The van der Waals surface area contributed by atoms with E-state index in [0.717, 1.165) is 18.6 Å². The number of piperazine rings is 1. The quantitative estimate of drug-likeness (QED) is 0.751. The molecule has 3 N–H and O–H groups in total. The number of hydrazine groups is 1. The van der Waals surface area contributed by atoms with E-state index in [4.69, 9.17) is 0 Å². The number of nitrogens with one attached hydrogen (secondary N) is 3. The summed E-state index contributed by atoms with van der Waals surface area (Å²) in [6.07, 6.45) is 4.66. The van der Waals surface area contributed by atoms with Crippen molar-refractivity contribution in [3.63, 3.8) is 0 Å². The average Bonchev–Trinajstić information content (AvgIpc) is 3.21. The van der Waals surface area contributed by atoms with Crippen LogP contribution in [0.1, 0.15) is 18.0 Å². The van der Waals surface area contributed by atoms with E-state index < -0.39 is 11.6 Å². The SMILES string of the molecule is O=C(Nc1ccc(F)cc1F)N1CCN(C2CC(c3ccncc3)NN2)CC1. The van der Waals surface area contributed by atoms with Gasteiger partial charge < -0.3 is 10.2 Å². The molecule has 1 aromatic carbocycles. The minimum atomic E-state index is -0.782. The third-order valence-corrected chi connectivity index (χ3v) is 5.21. The molecule has 2 atom stereocenters. The number of aromatic nitrogens is 1. The van der Waals surface area contributed by atoms with Gasteiger partial charge in [-0.25, -0.2) is 24.4 Å². The van der Waals surface area contributed by atoms with E-state index in [0.29, 0.717) is 26.2 Å². The molecule has 2 fully saturated rings. The van der Waals surface area contributed by atoms with Gasteiger partial charge in [-0.3, -0.25) is 9.88 Å². The van der Waals surface area contributed by atoms with Crippen molar-refractivity contribution < 1.29 is 13.6 Å². The van der Waals surface area contributed by atoms with Gasteiger partial charge in [0.2, 0.25) is 0 Å². The standard InChI is InChI=1S/C19H22F2N6O/c20-14-1-2-16(15(21)11-14)23-19(28)27-9-7-26(8-10-27)18-12-17(24-25-18)13-3-5-22-6-4-13/h1-6,11,17-18,24-25H,7-10,12H2,(H,23,28). The Labute approximate surface area is 161 Å². The molecule has 0 radical (unpaired) electrons. The first-order valence-electron chi connectivity index (χ1n) is 9.26. The number of hydrogen-bond donors (Lipinski definition) is 3. The molecule has 4 rings (SSSR count). The monoisotopic (exact) mass is 388 g/mol. The van der Waals surface area contributed by atoms with E-state index in [1.165, 1.54) is 11.6 Å². The van der Waals surface area contributed by atoms with E-state index in [1.807, 2.05) is 12.1 Å². The van der Waals surface area contributed by atoms with Crippen molar-refractivity contribution in [2.24, 2.45) is 0 Å². The summed E-state index contributed by atoms with van der Waals surface area (Å²) in [6.45, 7) is 2.49. The van der Waals surface area contributed by atoms with E-state index in [9.17, 15) is 13.6 Å². The van der Waals surface area contributed by atoms with Crippen molar-refractivity contribution in [3.8, 4) is 0 Å². The van der Waals surface area contributed by atoms with Crippen molar-refractivity contribution in [2.45, 2.75) is 18.6 Å². The Morgan fingerprint density at radius 2 is 1.82 bits per heavy atom. The number of rotatable bonds is 3. The van der Waals surface area contributed by atoms with Gasteiger partial charge in [0, 0.05) is 50.7 Å². The number of urea groups is 1. The van der Waals surface area contributed by atoms with Crippen LogP contribution in [0.4, 0.5) is 19.3 Å². The molecule has 2 aliphatic heterocycles. The normalized spacial score (nSPS) is 23.0. The molecule has 28 heavy (non-hydrogen) atoms. The minimum Gasteiger partial charge on any atom is -0.322 e. The third-order valence-electron chi connectivity index (χ3n) is 5.21. The van der Waals surface area contributed by atoms with Crippen molar-refractivity contribution >= 4 is 11.7 Å². The second-order valence-electron chi connectivity index (χ2n) is 6.95. The zero-order valence-electron chi connectivity index (χ0n) is 15.2. The lowest BCUT2D eigenvalue weighted by Crippen LogP contribution is -2.55. The van der Waals surface area contributed by atoms with Crippen molar-refractivity contribution in [1.82, 2.24) is 25.6 Å². The number of hydrogen-bond acceptors (Lipinski definition) is 5. The molecule has 7 nitrogen and oxygen atoms in total. The number of pyridine rings is 1. The van der Waals surface area contributed by atoms with Gasteiger partial charge in [-0.15, -0.1) is 0 Å². The first-order valence-corrected chi connectivity index (χ1v) is 9.26. The maximum atomic E-state index is 13.7. The molecule has 0 aliphatic carbocycles.